The van der Waals surface area contributed by atoms with Crippen molar-refractivity contribution in [1.29, 1.82) is 0 Å². The fourth-order valence-electron chi connectivity index (χ4n) is 2.79. The molecule has 0 aromatic heterocycles. The molecule has 10 heteroatoms. The third-order valence-electron chi connectivity index (χ3n) is 4.48. The summed E-state index contributed by atoms with van der Waals surface area (Å²) in [5.41, 5.74) is 0. The van der Waals surface area contributed by atoms with E-state index in [1.807, 2.05) is 0 Å². The molecule has 0 aliphatic carbocycles. The van der Waals surface area contributed by atoms with Crippen molar-refractivity contribution in [2.75, 3.05) is 19.8 Å². The van der Waals surface area contributed by atoms with Crippen molar-refractivity contribution >= 4 is 10.4 Å². The lowest BCUT2D eigenvalue weighted by molar-refractivity contribution is -0.122. The van der Waals surface area contributed by atoms with Crippen molar-refractivity contribution in [2.45, 2.75) is 95.5 Å². The Kier molecular flexibility index (Phi) is 16.3. The normalized spacial score (nSPS) is 16.6. The molecule has 0 unspecified atom stereocenters. The number of aliphatic hydroxyl groups excluding tert-OH is 4. The van der Waals surface area contributed by atoms with E-state index < -0.39 is 48.0 Å². The number of hydrogen-bond acceptors (Lipinski definition) is 8. The van der Waals surface area contributed by atoms with Gasteiger partial charge in [0, 0.05) is 6.61 Å². The van der Waals surface area contributed by atoms with Gasteiger partial charge < -0.3 is 25.2 Å². The van der Waals surface area contributed by atoms with Crippen LogP contribution in [0.4, 0.5) is 0 Å². The quantitative estimate of drug-likeness (QED) is 0.150. The summed E-state index contributed by atoms with van der Waals surface area (Å²) in [5, 5.41) is 37.7. The van der Waals surface area contributed by atoms with Crippen molar-refractivity contribution in [2.24, 2.45) is 0 Å². The Hall–Kier alpha value is -0.330. The molecule has 0 aliphatic rings. The molecule has 9 nitrogen and oxygen atoms in total. The lowest BCUT2D eigenvalue weighted by Crippen LogP contribution is -2.49. The molecule has 0 aliphatic heterocycles. The van der Waals surface area contributed by atoms with Gasteiger partial charge in [-0.15, -0.1) is 0 Å². The fraction of sp³-hybridized carbons (Fsp3) is 1.00. The first-order chi connectivity index (χ1) is 13.2. The van der Waals surface area contributed by atoms with Crippen LogP contribution in [0.5, 0.6) is 0 Å². The van der Waals surface area contributed by atoms with Crippen LogP contribution in [0, 0.1) is 0 Å². The number of rotatable bonds is 19. The molecule has 0 spiro atoms. The van der Waals surface area contributed by atoms with E-state index in [0.29, 0.717) is 6.61 Å². The Morgan fingerprint density at radius 2 is 1.32 bits per heavy atom. The van der Waals surface area contributed by atoms with Crippen LogP contribution < -0.4 is 0 Å². The maximum absolute atomic E-state index is 10.9. The molecule has 5 N–H and O–H groups in total. The van der Waals surface area contributed by atoms with Crippen LogP contribution in [-0.2, 0) is 19.3 Å². The van der Waals surface area contributed by atoms with Crippen molar-refractivity contribution in [1.82, 2.24) is 0 Å². The minimum atomic E-state index is -4.90. The highest BCUT2D eigenvalue weighted by molar-refractivity contribution is 7.80. The van der Waals surface area contributed by atoms with Crippen LogP contribution in [0.3, 0.4) is 0 Å². The summed E-state index contributed by atoms with van der Waals surface area (Å²) in [6.07, 6.45) is 4.47. The zero-order valence-corrected chi connectivity index (χ0v) is 17.6. The third-order valence-corrected chi connectivity index (χ3v) is 4.97. The van der Waals surface area contributed by atoms with Gasteiger partial charge in [-0.1, -0.05) is 64.7 Å². The average molecular weight is 431 g/mol. The van der Waals surface area contributed by atoms with Crippen LogP contribution in [-0.4, -0.2) is 77.6 Å². The summed E-state index contributed by atoms with van der Waals surface area (Å²) in [4.78, 5) is 0. The Morgan fingerprint density at radius 1 is 0.821 bits per heavy atom. The minimum absolute atomic E-state index is 0.299. The van der Waals surface area contributed by atoms with Gasteiger partial charge in [0.15, 0.2) is 0 Å². The van der Waals surface area contributed by atoms with Crippen molar-refractivity contribution in [3.05, 3.63) is 0 Å². The Morgan fingerprint density at radius 3 is 1.79 bits per heavy atom. The van der Waals surface area contributed by atoms with E-state index in [1.54, 1.807) is 0 Å². The molecule has 0 radical (unpaired) electrons. The van der Waals surface area contributed by atoms with E-state index >= 15 is 0 Å². The van der Waals surface area contributed by atoms with Gasteiger partial charge in [0.1, 0.15) is 24.4 Å². The van der Waals surface area contributed by atoms with Crippen molar-refractivity contribution in [3.8, 4) is 0 Å². The zero-order valence-electron chi connectivity index (χ0n) is 16.8. The lowest BCUT2D eigenvalue weighted by Gasteiger charge is -2.27. The standard InChI is InChI=1S/C18H38O9S/c1-2-3-4-5-6-7-8-9-10-11-12-26-14-16(27-28(23,24)25)18(22)17(21)15(20)13-19/h15-22H,2-14H2,1H3,(H,23,24,25)/t15-,16+,17-,18-/m1/s1. The van der Waals surface area contributed by atoms with Gasteiger partial charge >= 0.3 is 10.4 Å². The van der Waals surface area contributed by atoms with Crippen molar-refractivity contribution in [3.63, 3.8) is 0 Å². The molecule has 0 amide bonds. The molecule has 0 saturated heterocycles. The maximum Gasteiger partial charge on any atom is 0.397 e. The number of unbranched alkanes of at least 4 members (excludes halogenated alkanes) is 9. The highest BCUT2D eigenvalue weighted by Crippen LogP contribution is 2.13. The van der Waals surface area contributed by atoms with Gasteiger partial charge in [-0.3, -0.25) is 4.55 Å². The molecule has 0 fully saturated rings. The van der Waals surface area contributed by atoms with E-state index in [-0.39, 0.29) is 0 Å². The smallest absolute Gasteiger partial charge is 0.394 e. The SMILES string of the molecule is CCCCCCCCCCCCOC[C@H](OS(=O)(=O)O)[C@@H](O)[C@H](O)[C@H](O)CO. The molecule has 170 valence electrons. The Labute approximate surface area is 168 Å². The topological polar surface area (TPSA) is 154 Å². The molecule has 28 heavy (non-hydrogen) atoms. The molecular weight excluding hydrogens is 392 g/mol. The van der Waals surface area contributed by atoms with Gasteiger partial charge in [-0.2, -0.15) is 8.42 Å². The van der Waals surface area contributed by atoms with Crippen LogP contribution in [0.15, 0.2) is 0 Å². The van der Waals surface area contributed by atoms with Gasteiger partial charge in [0.25, 0.3) is 0 Å². The highest BCUT2D eigenvalue weighted by Gasteiger charge is 2.34. The van der Waals surface area contributed by atoms with Gasteiger partial charge in [-0.05, 0) is 6.42 Å². The Balaban J connectivity index is 4.03. The lowest BCUT2D eigenvalue weighted by atomic mass is 10.0. The predicted molar refractivity (Wildman–Crippen MR) is 104 cm³/mol. The van der Waals surface area contributed by atoms with E-state index in [0.717, 1.165) is 25.7 Å². The molecule has 0 bridgehead atoms. The average Bonchev–Trinajstić information content (AvgIpc) is 2.65. The largest absolute Gasteiger partial charge is 0.397 e. The summed E-state index contributed by atoms with van der Waals surface area (Å²) in [6.45, 7) is 1.25. The number of hydrogen-bond donors (Lipinski definition) is 5. The maximum atomic E-state index is 10.9. The number of aliphatic hydroxyl groups is 4. The Bertz CT molecular complexity index is 458. The molecule has 0 saturated carbocycles. The first-order valence-corrected chi connectivity index (χ1v) is 11.5. The summed E-state index contributed by atoms with van der Waals surface area (Å²) in [6, 6.07) is 0. The monoisotopic (exact) mass is 430 g/mol. The third kappa shape index (κ3) is 14.6. The summed E-state index contributed by atoms with van der Waals surface area (Å²) in [7, 11) is -4.90. The van der Waals surface area contributed by atoms with E-state index in [2.05, 4.69) is 11.1 Å². The second-order valence-corrected chi connectivity index (χ2v) is 8.10. The van der Waals surface area contributed by atoms with Crippen LogP contribution >= 0.6 is 0 Å². The zero-order chi connectivity index (χ0) is 21.4. The van der Waals surface area contributed by atoms with Gasteiger partial charge in [-0.25, -0.2) is 4.18 Å². The highest BCUT2D eigenvalue weighted by atomic mass is 32.3. The molecule has 0 heterocycles. The number of ether oxygens (including phenoxy) is 1. The molecule has 0 aromatic carbocycles. The molecule has 0 aromatic rings. The second kappa shape index (κ2) is 16.5. The minimum Gasteiger partial charge on any atom is -0.394 e. The van der Waals surface area contributed by atoms with Gasteiger partial charge in [0.2, 0.25) is 0 Å². The summed E-state index contributed by atoms with van der Waals surface area (Å²) < 4.78 is 40.2. The van der Waals surface area contributed by atoms with E-state index in [4.69, 9.17) is 14.4 Å². The van der Waals surface area contributed by atoms with Gasteiger partial charge in [0.05, 0.1) is 13.2 Å². The molecular formula is C18H38O9S. The van der Waals surface area contributed by atoms with Crippen LogP contribution in [0.25, 0.3) is 0 Å². The first-order valence-electron chi connectivity index (χ1n) is 10.1. The van der Waals surface area contributed by atoms with Crippen molar-refractivity contribution < 1.29 is 42.3 Å². The summed E-state index contributed by atoms with van der Waals surface area (Å²) in [5.74, 6) is 0. The summed E-state index contributed by atoms with van der Waals surface area (Å²) >= 11 is 0. The van der Waals surface area contributed by atoms with E-state index in [9.17, 15) is 23.7 Å². The first kappa shape index (κ1) is 27.7. The van der Waals surface area contributed by atoms with Crippen LogP contribution in [0.1, 0.15) is 71.1 Å². The predicted octanol–water partition coefficient (Wildman–Crippen LogP) is 1.19. The molecule has 0 rings (SSSR count). The van der Waals surface area contributed by atoms with Crippen LogP contribution in [0.2, 0.25) is 0 Å². The second-order valence-electron chi connectivity index (χ2n) is 7.05. The fourth-order valence-corrected chi connectivity index (χ4v) is 3.27. The molecule has 4 atom stereocenters. The van der Waals surface area contributed by atoms with E-state index in [1.165, 1.54) is 38.5 Å².